The van der Waals surface area contributed by atoms with E-state index >= 15 is 0 Å². The van der Waals surface area contributed by atoms with Crippen molar-refractivity contribution >= 4 is 0 Å². The van der Waals surface area contributed by atoms with E-state index in [1.165, 1.54) is 0 Å². The van der Waals surface area contributed by atoms with E-state index in [2.05, 4.69) is 0 Å². The molecule has 0 aliphatic rings. The summed E-state index contributed by atoms with van der Waals surface area (Å²) in [6, 6.07) is 2.14. The summed E-state index contributed by atoms with van der Waals surface area (Å²) >= 11 is 0. The van der Waals surface area contributed by atoms with Gasteiger partial charge in [-0.15, -0.1) is 0 Å². The fourth-order valence-corrected chi connectivity index (χ4v) is 0.620. The molecular weight excluding hydrogens is 174 g/mol. The van der Waals surface area contributed by atoms with Crippen molar-refractivity contribution < 1.29 is 17.6 Å². The molecule has 0 atom stereocenters. The standard InChI is InChI=1S/C7F4N/c8-4-1-5(9)7(11)3(2-12)6(4)10. The van der Waals surface area contributed by atoms with Crippen LogP contribution >= 0.6 is 0 Å². The third kappa shape index (κ3) is 1.11. The zero-order valence-corrected chi connectivity index (χ0v) is 5.46. The molecule has 1 nitrogen and oxygen atoms in total. The van der Waals surface area contributed by atoms with Crippen LogP contribution in [0.25, 0.3) is 0 Å². The molecule has 0 aliphatic heterocycles. The van der Waals surface area contributed by atoms with Crippen LogP contribution in [0.4, 0.5) is 17.6 Å². The van der Waals surface area contributed by atoms with E-state index in [1.54, 1.807) is 0 Å². The first kappa shape index (κ1) is 8.53. The molecule has 1 aromatic rings. The lowest BCUT2D eigenvalue weighted by atomic mass is 10.2. The molecule has 0 bridgehead atoms. The van der Waals surface area contributed by atoms with E-state index in [4.69, 9.17) is 5.26 Å². The van der Waals surface area contributed by atoms with E-state index in [0.29, 0.717) is 0 Å². The predicted molar refractivity (Wildman–Crippen MR) is 29.8 cm³/mol. The number of nitriles is 1. The maximum absolute atomic E-state index is 12.4. The molecule has 1 aromatic carbocycles. The highest BCUT2D eigenvalue weighted by Gasteiger charge is 2.18. The zero-order chi connectivity index (χ0) is 9.30. The normalized spacial score (nSPS) is 9.58. The van der Waals surface area contributed by atoms with Gasteiger partial charge in [-0.2, -0.15) is 5.26 Å². The van der Waals surface area contributed by atoms with E-state index in [1.807, 2.05) is 0 Å². The number of hydrogen-bond donors (Lipinski definition) is 0. The number of rotatable bonds is 0. The minimum atomic E-state index is -1.73. The minimum absolute atomic E-state index is 0.995. The molecule has 1 radical (unpaired) electrons. The van der Waals surface area contributed by atoms with E-state index in [9.17, 15) is 17.6 Å². The largest absolute Gasteiger partial charge is 0.203 e. The van der Waals surface area contributed by atoms with E-state index < -0.39 is 28.8 Å². The van der Waals surface area contributed by atoms with E-state index in [0.717, 1.165) is 12.1 Å². The van der Waals surface area contributed by atoms with Gasteiger partial charge in [0.05, 0.1) is 6.07 Å². The van der Waals surface area contributed by atoms with Gasteiger partial charge in [0.2, 0.25) is 0 Å². The predicted octanol–water partition coefficient (Wildman–Crippen LogP) is 1.91. The summed E-state index contributed by atoms with van der Waals surface area (Å²) in [7, 11) is 0. The number of hydrogen-bond acceptors (Lipinski definition) is 1. The molecule has 0 aromatic heterocycles. The summed E-state index contributed by atoms with van der Waals surface area (Å²) in [5.74, 6) is -6.86. The van der Waals surface area contributed by atoms with Crippen LogP contribution in [-0.4, -0.2) is 0 Å². The van der Waals surface area contributed by atoms with Crippen LogP contribution in [0.15, 0.2) is 0 Å². The number of benzene rings is 1. The van der Waals surface area contributed by atoms with Crippen LogP contribution in [0.2, 0.25) is 0 Å². The van der Waals surface area contributed by atoms with Gasteiger partial charge in [-0.3, -0.25) is 0 Å². The Morgan fingerprint density at radius 2 is 1.42 bits per heavy atom. The van der Waals surface area contributed by atoms with Crippen molar-refractivity contribution in [3.05, 3.63) is 34.9 Å². The van der Waals surface area contributed by atoms with Gasteiger partial charge in [-0.1, -0.05) is 0 Å². The van der Waals surface area contributed by atoms with Crippen molar-refractivity contribution in [3.63, 3.8) is 0 Å². The van der Waals surface area contributed by atoms with Gasteiger partial charge in [0.1, 0.15) is 11.6 Å². The van der Waals surface area contributed by atoms with Gasteiger partial charge >= 0.3 is 0 Å². The van der Waals surface area contributed by atoms with Crippen molar-refractivity contribution in [2.24, 2.45) is 0 Å². The molecule has 0 aliphatic carbocycles. The maximum atomic E-state index is 12.4. The Morgan fingerprint density at radius 1 is 1.00 bits per heavy atom. The van der Waals surface area contributed by atoms with Crippen molar-refractivity contribution in [3.8, 4) is 6.07 Å². The van der Waals surface area contributed by atoms with Gasteiger partial charge in [-0.25, -0.2) is 17.6 Å². The molecule has 5 heteroatoms. The summed E-state index contributed by atoms with van der Waals surface area (Å²) < 4.78 is 49.3. The van der Waals surface area contributed by atoms with Crippen LogP contribution in [0, 0.1) is 40.7 Å². The van der Waals surface area contributed by atoms with E-state index in [-0.39, 0.29) is 0 Å². The van der Waals surface area contributed by atoms with Gasteiger partial charge in [0.15, 0.2) is 23.3 Å². The molecule has 1 rings (SSSR count). The third-order valence-corrected chi connectivity index (χ3v) is 1.16. The first-order valence-corrected chi connectivity index (χ1v) is 2.73. The minimum Gasteiger partial charge on any atom is -0.203 e. The molecule has 0 saturated heterocycles. The first-order chi connectivity index (χ1) is 5.57. The highest BCUT2D eigenvalue weighted by molar-refractivity contribution is 5.32. The molecule has 61 valence electrons. The fraction of sp³-hybridized carbons (Fsp3) is 0. The van der Waals surface area contributed by atoms with Gasteiger partial charge in [0, 0.05) is 0 Å². The Hall–Kier alpha value is -1.57. The van der Waals surface area contributed by atoms with Crippen molar-refractivity contribution in [2.75, 3.05) is 0 Å². The summed E-state index contributed by atoms with van der Waals surface area (Å²) in [5.41, 5.74) is -1.27. The number of halogens is 4. The number of nitrogens with zero attached hydrogens (tertiary/aromatic N) is 1. The second-order valence-electron chi connectivity index (χ2n) is 1.87. The SMILES string of the molecule is N#Cc1c(F)c(F)[c]c(F)c1F. The topological polar surface area (TPSA) is 23.8 Å². The second-order valence-corrected chi connectivity index (χ2v) is 1.87. The lowest BCUT2D eigenvalue weighted by Gasteiger charge is -1.97. The van der Waals surface area contributed by atoms with Gasteiger partial charge < -0.3 is 0 Å². The maximum Gasteiger partial charge on any atom is 0.180 e. The summed E-state index contributed by atoms with van der Waals surface area (Å²) in [5, 5.41) is 8.07. The molecule has 0 fully saturated rings. The quantitative estimate of drug-likeness (QED) is 0.435. The Kier molecular flexibility index (Phi) is 2.00. The Balaban J connectivity index is 3.56. The lowest BCUT2D eigenvalue weighted by Crippen LogP contribution is -1.98. The molecule has 0 unspecified atom stereocenters. The van der Waals surface area contributed by atoms with Crippen LogP contribution in [0.3, 0.4) is 0 Å². The van der Waals surface area contributed by atoms with Crippen molar-refractivity contribution in [1.29, 1.82) is 5.26 Å². The lowest BCUT2D eigenvalue weighted by molar-refractivity contribution is 0.447. The average Bonchev–Trinajstić information content (AvgIpc) is 2.02. The van der Waals surface area contributed by atoms with Gasteiger partial charge in [0.25, 0.3) is 0 Å². The fourth-order valence-electron chi connectivity index (χ4n) is 0.620. The van der Waals surface area contributed by atoms with Gasteiger partial charge in [-0.05, 0) is 0 Å². The average molecular weight is 174 g/mol. The molecule has 0 spiro atoms. The smallest absolute Gasteiger partial charge is 0.180 e. The molecule has 0 heterocycles. The van der Waals surface area contributed by atoms with Crippen LogP contribution < -0.4 is 0 Å². The Morgan fingerprint density at radius 3 is 1.75 bits per heavy atom. The van der Waals surface area contributed by atoms with Crippen molar-refractivity contribution in [1.82, 2.24) is 0 Å². The summed E-state index contributed by atoms with van der Waals surface area (Å²) in [6.07, 6.45) is 0. The Bertz CT molecular complexity index is 340. The molecule has 0 saturated carbocycles. The summed E-state index contributed by atoms with van der Waals surface area (Å²) in [4.78, 5) is 0. The first-order valence-electron chi connectivity index (χ1n) is 2.73. The van der Waals surface area contributed by atoms with Crippen molar-refractivity contribution in [2.45, 2.75) is 0 Å². The summed E-state index contributed by atoms with van der Waals surface area (Å²) in [6.45, 7) is 0. The highest BCUT2D eigenvalue weighted by atomic mass is 19.2. The molecule has 0 N–H and O–H groups in total. The highest BCUT2D eigenvalue weighted by Crippen LogP contribution is 2.17. The Labute approximate surface area is 64.9 Å². The van der Waals surface area contributed by atoms with Crippen LogP contribution in [0.5, 0.6) is 0 Å². The van der Waals surface area contributed by atoms with Crippen LogP contribution in [-0.2, 0) is 0 Å². The van der Waals surface area contributed by atoms with Crippen LogP contribution in [0.1, 0.15) is 5.56 Å². The molecule has 0 amide bonds. The third-order valence-electron chi connectivity index (χ3n) is 1.16. The zero-order valence-electron chi connectivity index (χ0n) is 5.46. The second kappa shape index (κ2) is 2.81. The monoisotopic (exact) mass is 174 g/mol. The molecule has 12 heavy (non-hydrogen) atoms. The molecular formula is C7F4N.